The van der Waals surface area contributed by atoms with E-state index < -0.39 is 31.0 Å². The molecule has 2 heterocycles. The number of aryl methyl sites for hydroxylation is 1. The molecule has 134 valence electrons. The van der Waals surface area contributed by atoms with Crippen molar-refractivity contribution >= 4 is 19.7 Å². The molecular formula is C16H23NO5S2. The highest BCUT2D eigenvalue weighted by Gasteiger charge is 2.48. The zero-order valence-electron chi connectivity index (χ0n) is 13.9. The molecule has 0 bridgehead atoms. The Morgan fingerprint density at radius 2 is 1.83 bits per heavy atom. The number of hydrogen-bond donors (Lipinski definition) is 0. The van der Waals surface area contributed by atoms with Crippen LogP contribution in [0.2, 0.25) is 0 Å². The SMILES string of the molecule is COc1ccc(S(=O)(=O)[C@H]2CS(=O)(=O)C[C@@H]2N2CCCC2)cc1C. The van der Waals surface area contributed by atoms with Crippen molar-refractivity contribution in [1.29, 1.82) is 0 Å². The average Bonchev–Trinajstić information content (AvgIpc) is 3.14. The van der Waals surface area contributed by atoms with E-state index in [2.05, 4.69) is 0 Å². The van der Waals surface area contributed by atoms with E-state index in [0.29, 0.717) is 5.75 Å². The van der Waals surface area contributed by atoms with Gasteiger partial charge in [-0.2, -0.15) is 0 Å². The molecule has 6 nitrogen and oxygen atoms in total. The van der Waals surface area contributed by atoms with Gasteiger partial charge in [0, 0.05) is 6.04 Å². The van der Waals surface area contributed by atoms with Crippen LogP contribution >= 0.6 is 0 Å². The summed E-state index contributed by atoms with van der Waals surface area (Å²) >= 11 is 0. The predicted octanol–water partition coefficient (Wildman–Crippen LogP) is 1.04. The maximum atomic E-state index is 13.1. The van der Waals surface area contributed by atoms with Crippen LogP contribution < -0.4 is 4.74 Å². The van der Waals surface area contributed by atoms with Crippen molar-refractivity contribution in [2.24, 2.45) is 0 Å². The van der Waals surface area contributed by atoms with Gasteiger partial charge in [-0.15, -0.1) is 0 Å². The summed E-state index contributed by atoms with van der Waals surface area (Å²) in [4.78, 5) is 2.20. The first-order valence-electron chi connectivity index (χ1n) is 8.07. The van der Waals surface area contributed by atoms with Crippen molar-refractivity contribution in [2.75, 3.05) is 31.7 Å². The highest BCUT2D eigenvalue weighted by Crippen LogP contribution is 2.32. The lowest BCUT2D eigenvalue weighted by Gasteiger charge is -2.27. The summed E-state index contributed by atoms with van der Waals surface area (Å²) < 4.78 is 55.7. The lowest BCUT2D eigenvalue weighted by Crippen LogP contribution is -2.45. The fourth-order valence-corrected chi connectivity index (χ4v) is 8.62. The molecule has 0 aliphatic carbocycles. The first kappa shape index (κ1) is 17.7. The van der Waals surface area contributed by atoms with Gasteiger partial charge in [-0.05, 0) is 56.6 Å². The Morgan fingerprint density at radius 3 is 2.42 bits per heavy atom. The van der Waals surface area contributed by atoms with E-state index in [1.807, 2.05) is 4.90 Å². The fraction of sp³-hybridized carbons (Fsp3) is 0.625. The monoisotopic (exact) mass is 373 g/mol. The van der Waals surface area contributed by atoms with Crippen molar-refractivity contribution in [3.63, 3.8) is 0 Å². The van der Waals surface area contributed by atoms with Gasteiger partial charge in [0.1, 0.15) is 5.75 Å². The second-order valence-electron chi connectivity index (χ2n) is 6.60. The Bertz CT molecular complexity index is 826. The quantitative estimate of drug-likeness (QED) is 0.784. The number of rotatable bonds is 4. The maximum absolute atomic E-state index is 13.1. The maximum Gasteiger partial charge on any atom is 0.183 e. The topological polar surface area (TPSA) is 80.8 Å². The molecule has 0 spiro atoms. The zero-order chi connectivity index (χ0) is 17.5. The second-order valence-corrected chi connectivity index (χ2v) is 10.9. The Labute approximate surface area is 143 Å². The number of likely N-dealkylation sites (tertiary alicyclic amines) is 1. The van der Waals surface area contributed by atoms with Crippen LogP contribution in [-0.4, -0.2) is 64.7 Å². The minimum Gasteiger partial charge on any atom is -0.496 e. The van der Waals surface area contributed by atoms with Gasteiger partial charge in [0.25, 0.3) is 0 Å². The van der Waals surface area contributed by atoms with Crippen LogP contribution in [0.25, 0.3) is 0 Å². The fourth-order valence-electron chi connectivity index (χ4n) is 3.71. The van der Waals surface area contributed by atoms with Gasteiger partial charge in [0.15, 0.2) is 19.7 Å². The number of ether oxygens (including phenoxy) is 1. The molecule has 24 heavy (non-hydrogen) atoms. The van der Waals surface area contributed by atoms with E-state index >= 15 is 0 Å². The van der Waals surface area contributed by atoms with Crippen LogP contribution in [0.5, 0.6) is 5.75 Å². The Hall–Kier alpha value is -1.12. The standard InChI is InChI=1S/C16H23NO5S2/c1-12-9-13(5-6-15(12)22-2)24(20,21)16-11-23(18,19)10-14(16)17-7-3-4-8-17/h5-6,9,14,16H,3-4,7-8,10-11H2,1-2H3/t14-,16-/m0/s1. The molecule has 3 rings (SSSR count). The number of hydrogen-bond acceptors (Lipinski definition) is 6. The summed E-state index contributed by atoms with van der Waals surface area (Å²) in [6.45, 7) is 3.32. The normalized spacial score (nSPS) is 27.4. The van der Waals surface area contributed by atoms with Gasteiger partial charge in [-0.1, -0.05) is 0 Å². The van der Waals surface area contributed by atoms with Crippen molar-refractivity contribution in [3.8, 4) is 5.75 Å². The van der Waals surface area contributed by atoms with Crippen LogP contribution in [0.3, 0.4) is 0 Å². The Morgan fingerprint density at radius 1 is 1.17 bits per heavy atom. The molecule has 2 fully saturated rings. The largest absolute Gasteiger partial charge is 0.496 e. The summed E-state index contributed by atoms with van der Waals surface area (Å²) in [7, 11) is -5.53. The molecule has 1 aromatic carbocycles. The van der Waals surface area contributed by atoms with Crippen LogP contribution in [-0.2, 0) is 19.7 Å². The van der Waals surface area contributed by atoms with Gasteiger partial charge in [0.2, 0.25) is 0 Å². The third kappa shape index (κ3) is 3.19. The van der Waals surface area contributed by atoms with E-state index in [9.17, 15) is 16.8 Å². The lowest BCUT2D eigenvalue weighted by molar-refractivity contribution is 0.264. The number of methoxy groups -OCH3 is 1. The van der Waals surface area contributed by atoms with E-state index in [4.69, 9.17) is 4.74 Å². The van der Waals surface area contributed by atoms with Crippen molar-refractivity contribution in [2.45, 2.75) is 36.0 Å². The van der Waals surface area contributed by atoms with Crippen molar-refractivity contribution < 1.29 is 21.6 Å². The molecule has 2 aliphatic heterocycles. The molecule has 2 aliphatic rings. The minimum absolute atomic E-state index is 0.0635. The van der Waals surface area contributed by atoms with Crippen LogP contribution in [0, 0.1) is 6.92 Å². The number of sulfone groups is 2. The van der Waals surface area contributed by atoms with E-state index in [1.54, 1.807) is 19.1 Å². The molecule has 0 saturated carbocycles. The number of nitrogens with zero attached hydrogens (tertiary/aromatic N) is 1. The molecule has 1 aromatic rings. The summed E-state index contributed by atoms with van der Waals surface area (Å²) in [6.07, 6.45) is 1.98. The average molecular weight is 373 g/mol. The molecule has 0 aromatic heterocycles. The van der Waals surface area contributed by atoms with Gasteiger partial charge < -0.3 is 4.74 Å². The Balaban J connectivity index is 1.99. The minimum atomic E-state index is -3.72. The molecular weight excluding hydrogens is 350 g/mol. The molecule has 2 saturated heterocycles. The zero-order valence-corrected chi connectivity index (χ0v) is 15.6. The molecule has 0 radical (unpaired) electrons. The van der Waals surface area contributed by atoms with E-state index in [0.717, 1.165) is 31.5 Å². The highest BCUT2D eigenvalue weighted by molar-refractivity contribution is 7.96. The van der Waals surface area contributed by atoms with Gasteiger partial charge >= 0.3 is 0 Å². The summed E-state index contributed by atoms with van der Waals surface area (Å²) in [5, 5.41) is -0.895. The van der Waals surface area contributed by atoms with Gasteiger partial charge in [-0.3, -0.25) is 4.90 Å². The predicted molar refractivity (Wildman–Crippen MR) is 92.0 cm³/mol. The molecule has 8 heteroatoms. The van der Waals surface area contributed by atoms with Crippen molar-refractivity contribution in [3.05, 3.63) is 23.8 Å². The first-order chi connectivity index (χ1) is 11.2. The van der Waals surface area contributed by atoms with E-state index in [-0.39, 0.29) is 16.4 Å². The first-order valence-corrected chi connectivity index (χ1v) is 11.4. The molecule has 0 amide bonds. The summed E-state index contributed by atoms with van der Waals surface area (Å²) in [5.74, 6) is 0.261. The lowest BCUT2D eigenvalue weighted by atomic mass is 10.2. The third-order valence-electron chi connectivity index (χ3n) is 4.98. The van der Waals surface area contributed by atoms with Gasteiger partial charge in [0.05, 0.1) is 28.8 Å². The third-order valence-corrected chi connectivity index (χ3v) is 9.09. The summed E-state index contributed by atoms with van der Waals surface area (Å²) in [6, 6.07) is 4.26. The van der Waals surface area contributed by atoms with Crippen LogP contribution in [0.1, 0.15) is 18.4 Å². The second kappa shape index (κ2) is 6.31. The smallest absolute Gasteiger partial charge is 0.183 e. The van der Waals surface area contributed by atoms with E-state index in [1.165, 1.54) is 13.2 Å². The van der Waals surface area contributed by atoms with Crippen molar-refractivity contribution in [1.82, 2.24) is 4.90 Å². The molecule has 2 atom stereocenters. The van der Waals surface area contributed by atoms with Gasteiger partial charge in [-0.25, -0.2) is 16.8 Å². The molecule has 0 N–H and O–H groups in total. The Kier molecular flexibility index (Phi) is 4.65. The molecule has 0 unspecified atom stereocenters. The van der Waals surface area contributed by atoms with Crippen LogP contribution in [0.15, 0.2) is 23.1 Å². The highest BCUT2D eigenvalue weighted by atomic mass is 32.2. The number of benzene rings is 1. The van der Waals surface area contributed by atoms with Crippen LogP contribution in [0.4, 0.5) is 0 Å². The summed E-state index contributed by atoms with van der Waals surface area (Å²) in [5.41, 5.74) is 0.720.